The Kier molecular flexibility index (Phi) is 35.5. The highest BCUT2D eigenvalue weighted by Crippen LogP contribution is 2.26. The van der Waals surface area contributed by atoms with Crippen molar-refractivity contribution in [2.45, 2.75) is 182 Å². The molecule has 2 aromatic heterocycles. The summed E-state index contributed by atoms with van der Waals surface area (Å²) in [7, 11) is 2.75. The van der Waals surface area contributed by atoms with Gasteiger partial charge in [-0.3, -0.25) is 86.8 Å². The zero-order valence-electron chi connectivity index (χ0n) is 64.4. The van der Waals surface area contributed by atoms with E-state index in [0.717, 1.165) is 45.4 Å². The first-order valence-corrected chi connectivity index (χ1v) is 40.1. The van der Waals surface area contributed by atoms with Gasteiger partial charge in [-0.1, -0.05) is 57.1 Å². The fourth-order valence-corrected chi connectivity index (χ4v) is 15.3. The monoisotopic (exact) mass is 1690 g/mol. The van der Waals surface area contributed by atoms with Gasteiger partial charge in [0.15, 0.2) is 5.96 Å². The van der Waals surface area contributed by atoms with Gasteiger partial charge in [0.25, 0.3) is 0 Å². The molecule has 642 valence electrons. The molecule has 118 heavy (non-hydrogen) atoms. The van der Waals surface area contributed by atoms with Crippen molar-refractivity contribution in [1.82, 2.24) is 98.9 Å². The smallest absolute Gasteiger partial charge is 0.323 e. The number of likely N-dealkylation sites (N-methyl/N-ethyl adjacent to an activating group) is 1. The van der Waals surface area contributed by atoms with Crippen LogP contribution in [0.5, 0.6) is 5.75 Å². The molecule has 2 fully saturated rings. The Hall–Kier alpha value is -12.4. The summed E-state index contributed by atoms with van der Waals surface area (Å²) in [6, 6.07) is -10.0. The van der Waals surface area contributed by atoms with Crippen molar-refractivity contribution in [1.29, 1.82) is 5.41 Å². The second kappa shape index (κ2) is 45.2. The van der Waals surface area contributed by atoms with E-state index in [0.29, 0.717) is 22.0 Å². The number of guanidine groups is 1. The Morgan fingerprint density at radius 3 is 1.94 bits per heavy atom. The molecule has 45 nitrogen and oxygen atoms in total. The van der Waals surface area contributed by atoms with Crippen LogP contribution in [0, 0.1) is 5.41 Å². The number of carboxylic acid groups (broad SMARTS) is 2. The molecule has 2 unspecified atom stereocenters. The highest BCUT2D eigenvalue weighted by molar-refractivity contribution is 8.76. The Labute approximate surface area is 682 Å². The van der Waals surface area contributed by atoms with Gasteiger partial charge in [0.05, 0.1) is 24.8 Å². The zero-order chi connectivity index (χ0) is 86.4. The number of rotatable bonds is 25. The van der Waals surface area contributed by atoms with E-state index < -0.39 is 255 Å². The van der Waals surface area contributed by atoms with Gasteiger partial charge in [0, 0.05) is 93.7 Å². The minimum absolute atomic E-state index is 0.0348. The highest BCUT2D eigenvalue weighted by atomic mass is 33.1. The van der Waals surface area contributed by atoms with E-state index in [-0.39, 0.29) is 82.6 Å². The maximum atomic E-state index is 15.4. The van der Waals surface area contributed by atoms with Gasteiger partial charge in [-0.15, -0.1) is 5.10 Å². The third-order valence-electron chi connectivity index (χ3n) is 19.1. The average Bonchev–Trinajstić information content (AvgIpc) is 1.63. The molecule has 4 bridgehead atoms. The van der Waals surface area contributed by atoms with Crippen LogP contribution in [0.15, 0.2) is 60.9 Å². The molecule has 16 amide bonds. The number of nitrogens with zero attached hydrogens (tertiary/aromatic N) is 5. The van der Waals surface area contributed by atoms with Crippen molar-refractivity contribution in [2.24, 2.45) is 22.9 Å². The number of benzene rings is 2. The predicted octanol–water partition coefficient (Wildman–Crippen LogP) is -7.66. The van der Waals surface area contributed by atoms with Gasteiger partial charge >= 0.3 is 18.0 Å². The maximum Gasteiger partial charge on any atom is 0.323 e. The van der Waals surface area contributed by atoms with Gasteiger partial charge in [-0.25, -0.2) is 4.79 Å². The Morgan fingerprint density at radius 2 is 1.28 bits per heavy atom. The molecule has 2 saturated heterocycles. The van der Waals surface area contributed by atoms with Gasteiger partial charge < -0.3 is 127 Å². The lowest BCUT2D eigenvalue weighted by Crippen LogP contribution is -2.62. The lowest BCUT2D eigenvalue weighted by Gasteiger charge is -2.31. The SMILES string of the molecule is C[C@H](O)[C@@H]1NC(=O)[C@H]2Cc3cn(nn3)CCC[C@@H](C(=O)N[C@@H](Cc3ccc(O)cc3)C(=O)N(C)CC(=O)O)NC(=O)[C@H](CCC(N)=O)NC(=O)C(Cc3c[nH]c4ccccc34)NC(=O)[C@H](CCCNC(N)=O)NC(=O)[C@@H](CSSCC(NC(=O)CN)C(=O)N2)NC(=O)[C@@H](CCCNC(=N)N)NC(=O)[C@@H]2CCCN2C(=O)[C@@H](CC(=O)O)NC1=O. The number of aliphatic carboxylic acids is 2. The molecule has 13 atom stereocenters. The number of nitrogens with one attached hydrogen (secondary N) is 15. The molecule has 47 heteroatoms. The molecule has 7 rings (SSSR count). The summed E-state index contributed by atoms with van der Waals surface area (Å²) < 4.78 is 1.19. The van der Waals surface area contributed by atoms with Crippen LogP contribution < -0.4 is 92.1 Å². The summed E-state index contributed by atoms with van der Waals surface area (Å²) in [5, 5.41) is 90.6. The lowest BCUT2D eigenvalue weighted by atomic mass is 10.0. The van der Waals surface area contributed by atoms with E-state index in [2.05, 4.69) is 84.4 Å². The number of phenolic OH excluding ortho intramolecular Hbond substituents is 1. The number of carbonyl (C=O) groups is 17. The number of primary amides is 2. The fraction of sp³-hybridized carbons (Fsp3) is 0.521. The number of fused-ring (bicyclic) bond motifs is 12. The number of aliphatic hydroxyl groups excluding tert-OH is 1. The minimum atomic E-state index is -2.07. The molecule has 0 radical (unpaired) electrons. The van der Waals surface area contributed by atoms with Crippen molar-refractivity contribution in [3.63, 3.8) is 0 Å². The number of hydrogen-bond donors (Lipinski definition) is 23. The van der Waals surface area contributed by atoms with Crippen molar-refractivity contribution < 1.29 is 102 Å². The second-order valence-electron chi connectivity index (χ2n) is 28.2. The number of aliphatic hydroxyl groups is 1. The Balaban J connectivity index is 1.42. The summed E-state index contributed by atoms with van der Waals surface area (Å²) in [4.78, 5) is 246. The number of amides is 16. The van der Waals surface area contributed by atoms with Crippen LogP contribution in [0.1, 0.15) is 94.4 Å². The average molecular weight is 1690 g/mol. The Morgan fingerprint density at radius 1 is 0.678 bits per heavy atom. The number of phenols is 1. The van der Waals surface area contributed by atoms with Crippen LogP contribution in [-0.4, -0.2) is 287 Å². The summed E-state index contributed by atoms with van der Waals surface area (Å²) in [6.45, 7) is -1.23. The third-order valence-corrected chi connectivity index (χ3v) is 21.5. The van der Waals surface area contributed by atoms with Crippen LogP contribution in [-0.2, 0) is 103 Å². The standard InChI is InChI=1S/C71H100N24O21S2/c1-35(96)57-67(113)88-49(28-55(100)101)69(115)95-24-8-14-52(95)66(112)84-43(11-5-21-77-70(74)75)60(106)89-51-34-118-117-33-50(80-54(99)29-72)64(110)86-47(63(109)90-57)27-38-31-94(92-91-38)23-7-13-44(59(105)87-48(68(114)93(2)32-56(102)103)25-36-15-17-39(97)18-16-36)81-61(107)45(19-20-53(73)98)83-62(108)46(26-37-30-79-41-10-4-3-9-40(37)41)85-58(104)42(82-65(51)111)12-6-22-78-71(76)116/h3-4,9-10,15-18,30-31,35,42-52,57,79,96-97H,5-8,11-14,19-29,32-34,72H2,1-2H3,(H2,73,98)(H,80,99)(H,81,107)(H,82,111)(H,83,108)(H,84,112)(H,85,104)(H,86,110)(H,87,105)(H,88,113)(H,89,106)(H,90,109)(H,100,101)(H,102,103)(H4,74,75,77)(H3,76,78,116)/t35-,42-,43+,44-,45-,46?,47+,48-,49+,50?,51+,52-,57-/m0/s1. The number of nitrogens with two attached hydrogens (primary N) is 4. The molecule has 4 aromatic rings. The number of H-pyrrole nitrogens is 1. The third kappa shape index (κ3) is 28.8. The fourth-order valence-electron chi connectivity index (χ4n) is 13.0. The molecule has 2 aromatic carbocycles. The van der Waals surface area contributed by atoms with Crippen LogP contribution >= 0.6 is 21.6 Å². The minimum Gasteiger partial charge on any atom is -0.508 e. The topological polar surface area (TPSA) is 708 Å². The van der Waals surface area contributed by atoms with E-state index in [4.69, 9.17) is 28.3 Å². The van der Waals surface area contributed by atoms with Crippen molar-refractivity contribution in [3.05, 3.63) is 77.7 Å². The van der Waals surface area contributed by atoms with Gasteiger partial charge in [-0.2, -0.15) is 0 Å². The van der Waals surface area contributed by atoms with Crippen LogP contribution in [0.4, 0.5) is 4.79 Å². The van der Waals surface area contributed by atoms with Crippen LogP contribution in [0.3, 0.4) is 0 Å². The predicted molar refractivity (Wildman–Crippen MR) is 420 cm³/mol. The van der Waals surface area contributed by atoms with Gasteiger partial charge in [-0.05, 0) is 94.0 Å². The van der Waals surface area contributed by atoms with E-state index in [1.54, 1.807) is 24.3 Å². The van der Waals surface area contributed by atoms with E-state index >= 15 is 28.8 Å². The highest BCUT2D eigenvalue weighted by Gasteiger charge is 2.43. The summed E-state index contributed by atoms with van der Waals surface area (Å²) in [6.07, 6.45) is -4.17. The van der Waals surface area contributed by atoms with Crippen molar-refractivity contribution in [3.8, 4) is 5.75 Å². The number of carbonyl (C=O) groups excluding carboxylic acids is 15. The van der Waals surface area contributed by atoms with Crippen LogP contribution in [0.25, 0.3) is 10.9 Å². The number of aromatic nitrogens is 4. The lowest BCUT2D eigenvalue weighted by molar-refractivity contribution is -0.146. The summed E-state index contributed by atoms with van der Waals surface area (Å²) in [5.74, 6) is -20.1. The van der Waals surface area contributed by atoms with E-state index in [1.807, 2.05) is 0 Å². The molecule has 27 N–H and O–H groups in total. The van der Waals surface area contributed by atoms with E-state index in [1.165, 1.54) is 41.3 Å². The molecule has 3 aliphatic rings. The molecule has 3 aliphatic heterocycles. The molecular formula is C71H100N24O21S2. The first-order chi connectivity index (χ1) is 56.1. The molecule has 5 heterocycles. The van der Waals surface area contributed by atoms with E-state index in [9.17, 15) is 73.2 Å². The number of aryl methyl sites for hydroxylation is 1. The number of aromatic hydroxyl groups is 1. The first-order valence-electron chi connectivity index (χ1n) is 37.6. The zero-order valence-corrected chi connectivity index (χ0v) is 66.1. The molecular weight excluding hydrogens is 1590 g/mol. The number of aromatic amines is 1. The summed E-state index contributed by atoms with van der Waals surface area (Å²) in [5.41, 5.74) is 23.6. The number of para-hydroxylation sites is 1. The largest absolute Gasteiger partial charge is 0.508 e. The number of urea groups is 1. The first kappa shape index (κ1) is 92.8. The second-order valence-corrected chi connectivity index (χ2v) is 30.8. The van der Waals surface area contributed by atoms with Crippen molar-refractivity contribution >= 4 is 139 Å². The molecule has 0 aliphatic carbocycles. The van der Waals surface area contributed by atoms with Gasteiger partial charge in [0.1, 0.15) is 84.8 Å². The normalized spacial score (nSPS) is 23.2. The van der Waals surface area contributed by atoms with Crippen molar-refractivity contribution in [2.75, 3.05) is 51.3 Å². The Bertz CT molecular complexity index is 4320. The quantitative estimate of drug-likeness (QED) is 0.0127. The number of hydrogen-bond acceptors (Lipinski definition) is 25. The molecule has 0 saturated carbocycles. The van der Waals surface area contributed by atoms with Crippen LogP contribution in [0.2, 0.25) is 0 Å². The van der Waals surface area contributed by atoms with Gasteiger partial charge in [0.2, 0.25) is 82.7 Å². The number of carboxylic acids is 2. The molecule has 0 spiro atoms. The summed E-state index contributed by atoms with van der Waals surface area (Å²) >= 11 is 0. The maximum absolute atomic E-state index is 15.4.